The van der Waals surface area contributed by atoms with E-state index < -0.39 is 0 Å². The lowest BCUT2D eigenvalue weighted by Crippen LogP contribution is -2.25. The van der Waals surface area contributed by atoms with Crippen LogP contribution >= 0.6 is 0 Å². The summed E-state index contributed by atoms with van der Waals surface area (Å²) in [6.07, 6.45) is 1.62. The highest BCUT2D eigenvalue weighted by molar-refractivity contribution is 5.94. The summed E-state index contributed by atoms with van der Waals surface area (Å²) < 4.78 is 0. The van der Waals surface area contributed by atoms with Crippen LogP contribution in [0.2, 0.25) is 0 Å². The third-order valence-electron chi connectivity index (χ3n) is 2.64. The van der Waals surface area contributed by atoms with Crippen molar-refractivity contribution in [1.82, 2.24) is 10.0 Å². The van der Waals surface area contributed by atoms with Gasteiger partial charge in [0.2, 0.25) is 0 Å². The quantitative estimate of drug-likeness (QED) is 0.776. The molecule has 0 fully saturated rings. The summed E-state index contributed by atoms with van der Waals surface area (Å²) in [5.41, 5.74) is 2.30. The topological polar surface area (TPSA) is 42.4 Å². The van der Waals surface area contributed by atoms with Crippen molar-refractivity contribution in [3.63, 3.8) is 0 Å². The van der Waals surface area contributed by atoms with E-state index in [-0.39, 0.29) is 5.91 Å². The highest BCUT2D eigenvalue weighted by Crippen LogP contribution is 2.17. The van der Waals surface area contributed by atoms with E-state index in [2.05, 4.69) is 4.98 Å². The third kappa shape index (κ3) is 2.55. The fourth-order valence-corrected chi connectivity index (χ4v) is 1.60. The van der Waals surface area contributed by atoms with E-state index >= 15 is 0 Å². The van der Waals surface area contributed by atoms with Gasteiger partial charge in [0, 0.05) is 24.4 Å². The van der Waals surface area contributed by atoms with E-state index in [0.717, 1.165) is 11.3 Å². The van der Waals surface area contributed by atoms with Gasteiger partial charge < -0.3 is 0 Å². The van der Waals surface area contributed by atoms with Crippen molar-refractivity contribution in [2.24, 2.45) is 0 Å². The average molecular weight is 242 g/mol. The Labute approximate surface area is 106 Å². The zero-order valence-electron chi connectivity index (χ0n) is 10.3. The van der Waals surface area contributed by atoms with Crippen molar-refractivity contribution in [1.29, 1.82) is 0 Å². The molecule has 1 heterocycles. The zero-order chi connectivity index (χ0) is 13.0. The maximum absolute atomic E-state index is 11.9. The lowest BCUT2D eigenvalue weighted by molar-refractivity contribution is -0.0757. The van der Waals surface area contributed by atoms with Crippen molar-refractivity contribution >= 4 is 5.91 Å². The summed E-state index contributed by atoms with van der Waals surface area (Å²) in [6, 6.07) is 13.2. The first-order chi connectivity index (χ1) is 8.72. The van der Waals surface area contributed by atoms with Gasteiger partial charge >= 0.3 is 0 Å². The number of nitrogens with zero attached hydrogens (tertiary/aromatic N) is 2. The van der Waals surface area contributed by atoms with Gasteiger partial charge in [0.15, 0.2) is 0 Å². The number of amides is 1. The number of hydrogen-bond acceptors (Lipinski definition) is 3. The predicted molar refractivity (Wildman–Crippen MR) is 68.8 cm³/mol. The van der Waals surface area contributed by atoms with Crippen LogP contribution in [0.25, 0.3) is 11.3 Å². The molecule has 1 aromatic heterocycles. The molecule has 1 aromatic carbocycles. The Hall–Kier alpha value is -2.20. The second-order valence-electron chi connectivity index (χ2n) is 3.78. The molecular formula is C14H14N2O2. The summed E-state index contributed by atoms with van der Waals surface area (Å²) in [7, 11) is 3.03. The van der Waals surface area contributed by atoms with Crippen LogP contribution in [0.4, 0.5) is 0 Å². The summed E-state index contributed by atoms with van der Waals surface area (Å²) in [4.78, 5) is 21.1. The fraction of sp³-hybridized carbons (Fsp3) is 0.143. The van der Waals surface area contributed by atoms with Gasteiger partial charge in [0.1, 0.15) is 0 Å². The molecular weight excluding hydrogens is 228 g/mol. The van der Waals surface area contributed by atoms with Gasteiger partial charge in [-0.25, -0.2) is 5.06 Å². The molecule has 0 N–H and O–H groups in total. The van der Waals surface area contributed by atoms with E-state index in [0.29, 0.717) is 5.56 Å². The number of carbonyl (C=O) groups is 1. The van der Waals surface area contributed by atoms with Gasteiger partial charge in [-0.3, -0.25) is 14.6 Å². The van der Waals surface area contributed by atoms with E-state index in [1.807, 2.05) is 30.3 Å². The Morgan fingerprint density at radius 3 is 2.61 bits per heavy atom. The fourth-order valence-electron chi connectivity index (χ4n) is 1.60. The Bertz CT molecular complexity index is 541. The van der Waals surface area contributed by atoms with E-state index in [9.17, 15) is 4.79 Å². The molecule has 2 aromatic rings. The molecule has 0 atom stereocenters. The first kappa shape index (κ1) is 12.3. The predicted octanol–water partition coefficient (Wildman–Crippen LogP) is 2.38. The minimum Gasteiger partial charge on any atom is -0.274 e. The molecule has 0 spiro atoms. The molecule has 0 aliphatic heterocycles. The lowest BCUT2D eigenvalue weighted by Gasteiger charge is -2.13. The Kier molecular flexibility index (Phi) is 3.69. The monoisotopic (exact) mass is 242 g/mol. The normalized spacial score (nSPS) is 10.1. The molecule has 4 nitrogen and oxygen atoms in total. The van der Waals surface area contributed by atoms with Crippen LogP contribution in [0, 0.1) is 0 Å². The zero-order valence-corrected chi connectivity index (χ0v) is 10.3. The Morgan fingerprint density at radius 1 is 1.22 bits per heavy atom. The second kappa shape index (κ2) is 5.42. The van der Waals surface area contributed by atoms with Gasteiger partial charge in [0.05, 0.1) is 12.8 Å². The number of rotatable bonds is 3. The van der Waals surface area contributed by atoms with Crippen molar-refractivity contribution in [2.75, 3.05) is 14.2 Å². The number of pyridine rings is 1. The summed E-state index contributed by atoms with van der Waals surface area (Å²) in [5.74, 6) is -0.197. The first-order valence-corrected chi connectivity index (χ1v) is 5.56. The van der Waals surface area contributed by atoms with Gasteiger partial charge in [-0.15, -0.1) is 0 Å². The van der Waals surface area contributed by atoms with Gasteiger partial charge in [-0.05, 0) is 12.1 Å². The molecule has 1 amide bonds. The average Bonchev–Trinajstić information content (AvgIpc) is 2.46. The van der Waals surface area contributed by atoms with Crippen LogP contribution in [-0.4, -0.2) is 30.1 Å². The molecule has 18 heavy (non-hydrogen) atoms. The van der Waals surface area contributed by atoms with Gasteiger partial charge in [-0.1, -0.05) is 30.3 Å². The van der Waals surface area contributed by atoms with E-state index in [1.165, 1.54) is 12.2 Å². The smallest absolute Gasteiger partial charge is 0.274 e. The molecule has 0 saturated carbocycles. The van der Waals surface area contributed by atoms with Crippen molar-refractivity contribution in [3.05, 3.63) is 54.2 Å². The number of benzene rings is 1. The van der Waals surface area contributed by atoms with E-state index in [1.54, 1.807) is 25.4 Å². The van der Waals surface area contributed by atoms with E-state index in [4.69, 9.17) is 4.84 Å². The number of carbonyl (C=O) groups excluding carboxylic acids is 1. The van der Waals surface area contributed by atoms with Crippen LogP contribution in [0.15, 0.2) is 48.7 Å². The summed E-state index contributed by atoms with van der Waals surface area (Å²) in [5, 5.41) is 1.18. The van der Waals surface area contributed by atoms with Crippen LogP contribution in [0.3, 0.4) is 0 Å². The summed E-state index contributed by atoms with van der Waals surface area (Å²) >= 11 is 0. The van der Waals surface area contributed by atoms with Crippen molar-refractivity contribution < 1.29 is 9.63 Å². The standard InChI is InChI=1S/C14H14N2O2/c1-16(18-2)14(17)12-8-9-15-13(10-12)11-6-4-3-5-7-11/h3-10H,1-2H3. The summed E-state index contributed by atoms with van der Waals surface area (Å²) in [6.45, 7) is 0. The minimum atomic E-state index is -0.197. The maximum atomic E-state index is 11.9. The van der Waals surface area contributed by atoms with Gasteiger partial charge in [-0.2, -0.15) is 0 Å². The molecule has 0 unspecified atom stereocenters. The second-order valence-corrected chi connectivity index (χ2v) is 3.78. The molecule has 4 heteroatoms. The highest BCUT2D eigenvalue weighted by atomic mass is 16.7. The molecule has 0 bridgehead atoms. The van der Waals surface area contributed by atoms with Crippen LogP contribution < -0.4 is 0 Å². The van der Waals surface area contributed by atoms with Crippen LogP contribution in [-0.2, 0) is 4.84 Å². The molecule has 0 saturated heterocycles. The molecule has 0 aliphatic rings. The van der Waals surface area contributed by atoms with Crippen LogP contribution in [0.1, 0.15) is 10.4 Å². The number of hydroxylamine groups is 2. The number of hydrogen-bond donors (Lipinski definition) is 0. The van der Waals surface area contributed by atoms with Gasteiger partial charge in [0.25, 0.3) is 5.91 Å². The molecule has 0 aliphatic carbocycles. The third-order valence-corrected chi connectivity index (χ3v) is 2.64. The lowest BCUT2D eigenvalue weighted by atomic mass is 10.1. The minimum absolute atomic E-state index is 0.197. The van der Waals surface area contributed by atoms with Crippen molar-refractivity contribution in [2.45, 2.75) is 0 Å². The molecule has 2 rings (SSSR count). The Balaban J connectivity index is 2.34. The molecule has 0 radical (unpaired) electrons. The van der Waals surface area contributed by atoms with Crippen LogP contribution in [0.5, 0.6) is 0 Å². The number of aromatic nitrogens is 1. The molecule has 92 valence electrons. The highest BCUT2D eigenvalue weighted by Gasteiger charge is 2.12. The first-order valence-electron chi connectivity index (χ1n) is 5.56. The Morgan fingerprint density at radius 2 is 1.94 bits per heavy atom. The van der Waals surface area contributed by atoms with Crippen molar-refractivity contribution in [3.8, 4) is 11.3 Å². The maximum Gasteiger partial charge on any atom is 0.277 e. The SMILES string of the molecule is CON(C)C(=O)c1ccnc(-c2ccccc2)c1. The largest absolute Gasteiger partial charge is 0.277 e.